The number of carbonyl (C=O) groups excluding carboxylic acids is 1. The molecule has 2 rings (SSSR count). The summed E-state index contributed by atoms with van der Waals surface area (Å²) in [4.78, 5) is 16.0. The molecular weight excluding hydrogens is 250 g/mol. The van der Waals surface area contributed by atoms with Gasteiger partial charge in [0.2, 0.25) is 5.91 Å². The number of morpholine rings is 1. The summed E-state index contributed by atoms with van der Waals surface area (Å²) < 4.78 is 5.31. The van der Waals surface area contributed by atoms with Gasteiger partial charge in [0.25, 0.3) is 0 Å². The number of hydrogen-bond acceptors (Lipinski definition) is 5. The standard InChI is InChI=1S/C12H19N3O2S/c1-9-15-10(8-18-9)2-3-14-12(16)6-11-7-17-5-4-13-11/h8,11,13H,2-7H2,1H3,(H,14,16). The highest BCUT2D eigenvalue weighted by molar-refractivity contribution is 7.09. The number of nitrogens with zero attached hydrogens (tertiary/aromatic N) is 1. The maximum absolute atomic E-state index is 11.7. The van der Waals surface area contributed by atoms with Crippen molar-refractivity contribution in [2.75, 3.05) is 26.3 Å². The largest absolute Gasteiger partial charge is 0.378 e. The molecule has 6 heteroatoms. The molecule has 1 aliphatic heterocycles. The van der Waals surface area contributed by atoms with Crippen LogP contribution >= 0.6 is 11.3 Å². The highest BCUT2D eigenvalue weighted by Gasteiger charge is 2.16. The number of amides is 1. The first-order valence-corrected chi connectivity index (χ1v) is 7.11. The summed E-state index contributed by atoms with van der Waals surface area (Å²) in [5.41, 5.74) is 1.05. The number of hydrogen-bond donors (Lipinski definition) is 2. The molecule has 0 aliphatic carbocycles. The van der Waals surface area contributed by atoms with E-state index in [1.807, 2.05) is 12.3 Å². The molecule has 1 saturated heterocycles. The van der Waals surface area contributed by atoms with E-state index in [0.29, 0.717) is 19.6 Å². The Morgan fingerprint density at radius 1 is 1.72 bits per heavy atom. The van der Waals surface area contributed by atoms with Crippen molar-refractivity contribution in [3.63, 3.8) is 0 Å². The Morgan fingerprint density at radius 3 is 3.28 bits per heavy atom. The number of ether oxygens (including phenoxy) is 1. The van der Waals surface area contributed by atoms with Crippen molar-refractivity contribution in [1.29, 1.82) is 0 Å². The number of aryl methyl sites for hydroxylation is 1. The van der Waals surface area contributed by atoms with Crippen molar-refractivity contribution < 1.29 is 9.53 Å². The Hall–Kier alpha value is -0.980. The topological polar surface area (TPSA) is 63.2 Å². The van der Waals surface area contributed by atoms with Crippen LogP contribution in [0.25, 0.3) is 0 Å². The van der Waals surface area contributed by atoms with Gasteiger partial charge in [-0.3, -0.25) is 4.79 Å². The van der Waals surface area contributed by atoms with Gasteiger partial charge in [0, 0.05) is 37.4 Å². The normalized spacial score (nSPS) is 19.7. The number of rotatable bonds is 5. The van der Waals surface area contributed by atoms with E-state index >= 15 is 0 Å². The van der Waals surface area contributed by atoms with Crippen molar-refractivity contribution in [3.05, 3.63) is 16.1 Å². The molecule has 1 atom stereocenters. The lowest BCUT2D eigenvalue weighted by Crippen LogP contribution is -2.44. The van der Waals surface area contributed by atoms with Crippen molar-refractivity contribution in [2.24, 2.45) is 0 Å². The average Bonchev–Trinajstić information content (AvgIpc) is 2.76. The second-order valence-electron chi connectivity index (χ2n) is 4.39. The van der Waals surface area contributed by atoms with E-state index in [1.54, 1.807) is 11.3 Å². The molecule has 0 saturated carbocycles. The van der Waals surface area contributed by atoms with Crippen LogP contribution in [0.15, 0.2) is 5.38 Å². The van der Waals surface area contributed by atoms with Crippen LogP contribution in [0, 0.1) is 6.92 Å². The zero-order chi connectivity index (χ0) is 12.8. The van der Waals surface area contributed by atoms with Gasteiger partial charge in [-0.15, -0.1) is 11.3 Å². The minimum absolute atomic E-state index is 0.0740. The fraction of sp³-hybridized carbons (Fsp3) is 0.667. The van der Waals surface area contributed by atoms with Gasteiger partial charge in [-0.1, -0.05) is 0 Å². The number of aromatic nitrogens is 1. The molecule has 18 heavy (non-hydrogen) atoms. The minimum Gasteiger partial charge on any atom is -0.378 e. The molecule has 1 aromatic heterocycles. The third-order valence-corrected chi connectivity index (χ3v) is 3.62. The van der Waals surface area contributed by atoms with E-state index in [2.05, 4.69) is 15.6 Å². The highest BCUT2D eigenvalue weighted by atomic mass is 32.1. The second-order valence-corrected chi connectivity index (χ2v) is 5.45. The lowest BCUT2D eigenvalue weighted by Gasteiger charge is -2.23. The molecule has 1 amide bonds. The summed E-state index contributed by atoms with van der Waals surface area (Å²) in [5.74, 6) is 0.0740. The summed E-state index contributed by atoms with van der Waals surface area (Å²) in [6.07, 6.45) is 1.28. The van der Waals surface area contributed by atoms with E-state index in [1.165, 1.54) is 0 Å². The smallest absolute Gasteiger partial charge is 0.221 e. The van der Waals surface area contributed by atoms with E-state index in [-0.39, 0.29) is 11.9 Å². The highest BCUT2D eigenvalue weighted by Crippen LogP contribution is 2.07. The average molecular weight is 269 g/mol. The minimum atomic E-state index is 0.0740. The van der Waals surface area contributed by atoms with Crippen LogP contribution in [0.1, 0.15) is 17.1 Å². The molecule has 1 fully saturated rings. The Morgan fingerprint density at radius 2 is 2.61 bits per heavy atom. The summed E-state index contributed by atoms with van der Waals surface area (Å²) in [6.45, 7) is 4.83. The number of thiazole rings is 1. The van der Waals surface area contributed by atoms with Crippen LogP contribution in [0.3, 0.4) is 0 Å². The molecular formula is C12H19N3O2S. The van der Waals surface area contributed by atoms with Crippen LogP contribution in [0.5, 0.6) is 0 Å². The molecule has 0 spiro atoms. The Kier molecular flexibility index (Phi) is 5.10. The van der Waals surface area contributed by atoms with E-state index in [9.17, 15) is 4.79 Å². The first-order valence-electron chi connectivity index (χ1n) is 6.23. The summed E-state index contributed by atoms with van der Waals surface area (Å²) in [7, 11) is 0. The lowest BCUT2D eigenvalue weighted by atomic mass is 10.2. The predicted octanol–water partition coefficient (Wildman–Crippen LogP) is 0.489. The van der Waals surface area contributed by atoms with Gasteiger partial charge in [0.15, 0.2) is 0 Å². The van der Waals surface area contributed by atoms with Crippen molar-refractivity contribution in [2.45, 2.75) is 25.8 Å². The fourth-order valence-corrected chi connectivity index (χ4v) is 2.55. The maximum Gasteiger partial charge on any atom is 0.221 e. The quantitative estimate of drug-likeness (QED) is 0.816. The van der Waals surface area contributed by atoms with Gasteiger partial charge in [-0.25, -0.2) is 4.98 Å². The number of nitrogens with one attached hydrogen (secondary N) is 2. The van der Waals surface area contributed by atoms with E-state index < -0.39 is 0 Å². The van der Waals surface area contributed by atoms with Crippen LogP contribution in [0.4, 0.5) is 0 Å². The molecule has 1 aromatic rings. The molecule has 2 N–H and O–H groups in total. The molecule has 0 bridgehead atoms. The Balaban J connectivity index is 1.62. The Bertz CT molecular complexity index is 388. The molecule has 100 valence electrons. The summed E-state index contributed by atoms with van der Waals surface area (Å²) >= 11 is 1.64. The second kappa shape index (κ2) is 6.82. The zero-order valence-electron chi connectivity index (χ0n) is 10.6. The van der Waals surface area contributed by atoms with Crippen molar-refractivity contribution >= 4 is 17.2 Å². The van der Waals surface area contributed by atoms with Crippen molar-refractivity contribution in [3.8, 4) is 0 Å². The predicted molar refractivity (Wildman–Crippen MR) is 70.8 cm³/mol. The van der Waals surface area contributed by atoms with Crippen LogP contribution in [-0.4, -0.2) is 43.2 Å². The fourth-order valence-electron chi connectivity index (χ4n) is 1.90. The molecule has 5 nitrogen and oxygen atoms in total. The lowest BCUT2D eigenvalue weighted by molar-refractivity contribution is -0.122. The molecule has 1 unspecified atom stereocenters. The third-order valence-electron chi connectivity index (χ3n) is 2.80. The molecule has 0 radical (unpaired) electrons. The zero-order valence-corrected chi connectivity index (χ0v) is 11.4. The van der Waals surface area contributed by atoms with Crippen LogP contribution in [0.2, 0.25) is 0 Å². The van der Waals surface area contributed by atoms with Crippen LogP contribution < -0.4 is 10.6 Å². The monoisotopic (exact) mass is 269 g/mol. The summed E-state index contributed by atoms with van der Waals surface area (Å²) in [5, 5.41) is 9.29. The first-order chi connectivity index (χ1) is 8.74. The van der Waals surface area contributed by atoms with Gasteiger partial charge >= 0.3 is 0 Å². The van der Waals surface area contributed by atoms with E-state index in [4.69, 9.17) is 4.74 Å². The number of carbonyl (C=O) groups is 1. The molecule has 2 heterocycles. The van der Waals surface area contributed by atoms with Gasteiger partial charge in [0.05, 0.1) is 23.9 Å². The van der Waals surface area contributed by atoms with Gasteiger partial charge in [-0.2, -0.15) is 0 Å². The van der Waals surface area contributed by atoms with Gasteiger partial charge < -0.3 is 15.4 Å². The maximum atomic E-state index is 11.7. The SMILES string of the molecule is Cc1nc(CCNC(=O)CC2COCCN2)cs1. The van der Waals surface area contributed by atoms with Crippen LogP contribution in [-0.2, 0) is 16.0 Å². The Labute approximate surface area is 111 Å². The third kappa shape index (κ3) is 4.36. The van der Waals surface area contributed by atoms with E-state index in [0.717, 1.165) is 30.3 Å². The van der Waals surface area contributed by atoms with Gasteiger partial charge in [0.1, 0.15) is 0 Å². The molecule has 0 aromatic carbocycles. The molecule has 1 aliphatic rings. The first kappa shape index (κ1) is 13.5. The van der Waals surface area contributed by atoms with Gasteiger partial charge in [-0.05, 0) is 6.92 Å². The summed E-state index contributed by atoms with van der Waals surface area (Å²) in [6, 6.07) is 0.153. The van der Waals surface area contributed by atoms with Crippen molar-refractivity contribution in [1.82, 2.24) is 15.6 Å².